The van der Waals surface area contributed by atoms with Crippen LogP contribution in [-0.4, -0.2) is 29.1 Å². The van der Waals surface area contributed by atoms with E-state index in [1.807, 2.05) is 44.2 Å². The van der Waals surface area contributed by atoms with E-state index in [-0.39, 0.29) is 5.92 Å². The molecule has 0 spiro atoms. The molecule has 0 radical (unpaired) electrons. The van der Waals surface area contributed by atoms with E-state index in [0.717, 1.165) is 5.56 Å². The fraction of sp³-hybridized carbons (Fsp3) is 0.500. The van der Waals surface area contributed by atoms with Crippen LogP contribution in [0.25, 0.3) is 0 Å². The van der Waals surface area contributed by atoms with Gasteiger partial charge in [0.2, 0.25) is 5.91 Å². The largest absolute Gasteiger partial charge is 0.480 e. The molecule has 0 bridgehead atoms. The van der Waals surface area contributed by atoms with Crippen molar-refractivity contribution in [3.05, 3.63) is 35.9 Å². The van der Waals surface area contributed by atoms with Crippen LogP contribution in [0.2, 0.25) is 0 Å². The second-order valence-electron chi connectivity index (χ2n) is 5.67. The summed E-state index contributed by atoms with van der Waals surface area (Å²) in [6.07, 6.45) is 1.59. The van der Waals surface area contributed by atoms with Gasteiger partial charge in [-0.3, -0.25) is 14.9 Å². The molecule has 1 aromatic rings. The third-order valence-corrected chi connectivity index (χ3v) is 3.32. The number of rotatable bonds is 9. The molecule has 116 valence electrons. The molecule has 5 nitrogen and oxygen atoms in total. The van der Waals surface area contributed by atoms with Gasteiger partial charge in [0.1, 0.15) is 6.04 Å². The second-order valence-corrected chi connectivity index (χ2v) is 5.67. The molecule has 21 heavy (non-hydrogen) atoms. The minimum absolute atomic E-state index is 0.263. The molecular weight excluding hydrogens is 268 g/mol. The Morgan fingerprint density at radius 3 is 2.29 bits per heavy atom. The van der Waals surface area contributed by atoms with Crippen LogP contribution in [0.3, 0.4) is 0 Å². The Labute approximate surface area is 125 Å². The van der Waals surface area contributed by atoms with Gasteiger partial charge in [-0.05, 0) is 30.7 Å². The summed E-state index contributed by atoms with van der Waals surface area (Å²) in [5.41, 5.74) is 6.42. The van der Waals surface area contributed by atoms with E-state index >= 15 is 0 Å². The number of hydrogen-bond donors (Lipinski definition) is 3. The molecule has 0 unspecified atom stereocenters. The van der Waals surface area contributed by atoms with E-state index in [1.54, 1.807) is 0 Å². The lowest BCUT2D eigenvalue weighted by atomic mass is 10.00. The SMILES string of the molecule is CC(C)C[C@H](N[C@@H](CCc1ccccc1)C(=O)O)C(N)=O. The molecule has 1 aromatic carbocycles. The van der Waals surface area contributed by atoms with E-state index in [2.05, 4.69) is 5.32 Å². The first-order valence-corrected chi connectivity index (χ1v) is 7.22. The molecule has 5 heteroatoms. The summed E-state index contributed by atoms with van der Waals surface area (Å²) < 4.78 is 0. The standard InChI is InChI=1S/C16H24N2O3/c1-11(2)10-14(15(17)19)18-13(16(20)21)9-8-12-6-4-3-5-7-12/h3-7,11,13-14,18H,8-10H2,1-2H3,(H2,17,19)(H,20,21)/t13-,14-/m0/s1. The second kappa shape index (κ2) is 8.42. The van der Waals surface area contributed by atoms with Crippen molar-refractivity contribution in [3.63, 3.8) is 0 Å². The molecular formula is C16H24N2O3. The van der Waals surface area contributed by atoms with Gasteiger partial charge in [-0.25, -0.2) is 0 Å². The Kier molecular flexibility index (Phi) is 6.88. The topological polar surface area (TPSA) is 92.4 Å². The van der Waals surface area contributed by atoms with Crippen LogP contribution in [0.4, 0.5) is 0 Å². The zero-order valence-electron chi connectivity index (χ0n) is 12.6. The van der Waals surface area contributed by atoms with Crippen molar-refractivity contribution in [2.75, 3.05) is 0 Å². The molecule has 0 saturated carbocycles. The van der Waals surface area contributed by atoms with Crippen molar-refractivity contribution in [3.8, 4) is 0 Å². The molecule has 1 amide bonds. The predicted octanol–water partition coefficient (Wildman–Crippen LogP) is 1.56. The number of aliphatic carboxylic acids is 1. The quantitative estimate of drug-likeness (QED) is 0.644. The van der Waals surface area contributed by atoms with Crippen molar-refractivity contribution in [1.29, 1.82) is 0 Å². The Bertz CT molecular complexity index is 460. The van der Waals surface area contributed by atoms with Gasteiger partial charge >= 0.3 is 5.97 Å². The molecule has 0 aliphatic carbocycles. The molecule has 2 atom stereocenters. The highest BCUT2D eigenvalue weighted by atomic mass is 16.4. The molecule has 0 saturated heterocycles. The van der Waals surface area contributed by atoms with Gasteiger partial charge in [-0.1, -0.05) is 44.2 Å². The van der Waals surface area contributed by atoms with Gasteiger partial charge in [0.05, 0.1) is 6.04 Å². The smallest absolute Gasteiger partial charge is 0.320 e. The van der Waals surface area contributed by atoms with Crippen LogP contribution in [0.15, 0.2) is 30.3 Å². The summed E-state index contributed by atoms with van der Waals surface area (Å²) in [7, 11) is 0. The number of primary amides is 1. The normalized spacial score (nSPS) is 13.9. The van der Waals surface area contributed by atoms with Crippen LogP contribution in [0, 0.1) is 5.92 Å². The van der Waals surface area contributed by atoms with Gasteiger partial charge in [0.25, 0.3) is 0 Å². The molecule has 4 N–H and O–H groups in total. The first-order chi connectivity index (χ1) is 9.90. The average molecular weight is 292 g/mol. The highest BCUT2D eigenvalue weighted by Crippen LogP contribution is 2.09. The van der Waals surface area contributed by atoms with Crippen LogP contribution in [0.1, 0.15) is 32.3 Å². The average Bonchev–Trinajstić information content (AvgIpc) is 2.42. The van der Waals surface area contributed by atoms with Crippen molar-refractivity contribution < 1.29 is 14.7 Å². The van der Waals surface area contributed by atoms with E-state index in [4.69, 9.17) is 5.73 Å². The Hall–Kier alpha value is -1.88. The highest BCUT2D eigenvalue weighted by Gasteiger charge is 2.25. The lowest BCUT2D eigenvalue weighted by Gasteiger charge is -2.22. The van der Waals surface area contributed by atoms with E-state index < -0.39 is 24.0 Å². The molecule has 0 aliphatic heterocycles. The number of nitrogens with two attached hydrogens (primary N) is 1. The maximum absolute atomic E-state index is 11.4. The summed E-state index contributed by atoms with van der Waals surface area (Å²) in [5.74, 6) is -1.20. The van der Waals surface area contributed by atoms with Crippen molar-refractivity contribution >= 4 is 11.9 Å². The highest BCUT2D eigenvalue weighted by molar-refractivity contribution is 5.81. The first kappa shape index (κ1) is 17.2. The van der Waals surface area contributed by atoms with E-state index in [9.17, 15) is 14.7 Å². The number of carboxylic acids is 1. The first-order valence-electron chi connectivity index (χ1n) is 7.22. The molecule has 1 rings (SSSR count). The van der Waals surface area contributed by atoms with Crippen molar-refractivity contribution in [2.24, 2.45) is 11.7 Å². The Morgan fingerprint density at radius 1 is 1.19 bits per heavy atom. The zero-order valence-corrected chi connectivity index (χ0v) is 12.6. The third kappa shape index (κ3) is 6.40. The summed E-state index contributed by atoms with van der Waals surface area (Å²) >= 11 is 0. The van der Waals surface area contributed by atoms with Crippen LogP contribution >= 0.6 is 0 Å². The number of nitrogens with one attached hydrogen (secondary N) is 1. The predicted molar refractivity (Wildman–Crippen MR) is 81.8 cm³/mol. The van der Waals surface area contributed by atoms with Gasteiger partial charge in [0, 0.05) is 0 Å². The summed E-state index contributed by atoms with van der Waals surface area (Å²) in [6, 6.07) is 8.29. The fourth-order valence-corrected chi connectivity index (χ4v) is 2.21. The van der Waals surface area contributed by atoms with E-state index in [0.29, 0.717) is 19.3 Å². The van der Waals surface area contributed by atoms with Crippen LogP contribution < -0.4 is 11.1 Å². The maximum Gasteiger partial charge on any atom is 0.320 e. The molecule has 0 heterocycles. The van der Waals surface area contributed by atoms with Gasteiger partial charge < -0.3 is 10.8 Å². The number of aryl methyl sites for hydroxylation is 1. The lowest BCUT2D eigenvalue weighted by molar-refractivity contribution is -0.140. The number of benzene rings is 1. The number of hydrogen-bond acceptors (Lipinski definition) is 3. The minimum Gasteiger partial charge on any atom is -0.480 e. The lowest BCUT2D eigenvalue weighted by Crippen LogP contribution is -2.50. The summed E-state index contributed by atoms with van der Waals surface area (Å²) in [5, 5.41) is 12.2. The summed E-state index contributed by atoms with van der Waals surface area (Å²) in [4.78, 5) is 22.8. The summed E-state index contributed by atoms with van der Waals surface area (Å²) in [6.45, 7) is 3.94. The molecule has 0 fully saturated rings. The van der Waals surface area contributed by atoms with Gasteiger partial charge in [-0.2, -0.15) is 0 Å². The number of amides is 1. The number of carbonyl (C=O) groups excluding carboxylic acids is 1. The Balaban J connectivity index is 2.63. The van der Waals surface area contributed by atoms with Crippen molar-refractivity contribution in [2.45, 2.75) is 45.2 Å². The number of carboxylic acid groups (broad SMARTS) is 1. The van der Waals surface area contributed by atoms with Gasteiger partial charge in [-0.15, -0.1) is 0 Å². The molecule has 0 aliphatic rings. The molecule has 0 aromatic heterocycles. The maximum atomic E-state index is 11.4. The monoisotopic (exact) mass is 292 g/mol. The Morgan fingerprint density at radius 2 is 1.81 bits per heavy atom. The van der Waals surface area contributed by atoms with E-state index in [1.165, 1.54) is 0 Å². The van der Waals surface area contributed by atoms with Crippen LogP contribution in [-0.2, 0) is 16.0 Å². The van der Waals surface area contributed by atoms with Gasteiger partial charge in [0.15, 0.2) is 0 Å². The number of carbonyl (C=O) groups is 2. The zero-order chi connectivity index (χ0) is 15.8. The third-order valence-electron chi connectivity index (χ3n) is 3.32. The minimum atomic E-state index is -0.957. The van der Waals surface area contributed by atoms with Crippen LogP contribution in [0.5, 0.6) is 0 Å². The van der Waals surface area contributed by atoms with Crippen molar-refractivity contribution in [1.82, 2.24) is 5.32 Å². The fourth-order valence-electron chi connectivity index (χ4n) is 2.21.